The van der Waals surface area contributed by atoms with Gasteiger partial charge in [0.2, 0.25) is 0 Å². The molecular formula is C12H14N2Si. The van der Waals surface area contributed by atoms with Gasteiger partial charge in [-0.15, -0.1) is 0 Å². The van der Waals surface area contributed by atoms with Gasteiger partial charge >= 0.3 is 0 Å². The zero-order valence-electron chi connectivity index (χ0n) is 9.28. The molecule has 0 amide bonds. The number of nitrogens with zero attached hydrogens (tertiary/aromatic N) is 2. The molecule has 76 valence electrons. The van der Waals surface area contributed by atoms with Crippen molar-refractivity contribution >= 4 is 24.3 Å². The maximum Gasteiger partial charge on any atom is 0.105 e. The van der Waals surface area contributed by atoms with Crippen LogP contribution in [0.25, 0.3) is 10.9 Å². The minimum absolute atomic E-state index is 1.04. The quantitative estimate of drug-likeness (QED) is 0.524. The molecule has 0 saturated carbocycles. The number of rotatable bonds is 1. The molecule has 0 aliphatic carbocycles. The molecule has 2 rings (SSSR count). The van der Waals surface area contributed by atoms with Crippen molar-refractivity contribution in [1.29, 1.82) is 0 Å². The van der Waals surface area contributed by atoms with Gasteiger partial charge in [-0.1, -0.05) is 44.3 Å². The van der Waals surface area contributed by atoms with Gasteiger partial charge in [0, 0.05) is 11.4 Å². The normalized spacial score (nSPS) is 11.6. The Bertz CT molecular complexity index is 541. The highest BCUT2D eigenvalue weighted by atomic mass is 28.3. The predicted molar refractivity (Wildman–Crippen MR) is 66.9 cm³/mol. The molecule has 0 N–H and O–H groups in total. The zero-order chi connectivity index (χ0) is 11.1. The van der Waals surface area contributed by atoms with Gasteiger partial charge in [-0.05, 0) is 6.07 Å². The topological polar surface area (TPSA) is 17.8 Å². The Morgan fingerprint density at radius 1 is 1.27 bits per heavy atom. The average Bonchev–Trinajstić information content (AvgIpc) is 2.55. The van der Waals surface area contributed by atoms with Gasteiger partial charge in [-0.3, -0.25) is 0 Å². The Kier molecular flexibility index (Phi) is 2.17. The molecule has 15 heavy (non-hydrogen) atoms. The molecule has 0 bridgehead atoms. The number of terminal acetylenes is 1. The largest absolute Gasteiger partial charge is 0.190 e. The highest BCUT2D eigenvalue weighted by molar-refractivity contribution is 6.89. The molecule has 2 nitrogen and oxygen atoms in total. The van der Waals surface area contributed by atoms with Crippen LogP contribution in [0, 0.1) is 12.5 Å². The molecule has 0 radical (unpaired) electrons. The standard InChI is InChI=1S/C12H14N2Si/c1-5-14-11-9-7-6-8-10(11)12(13-14)15(2,3)4/h1,6-9H,2-4H3. The Balaban J connectivity index is 2.84. The fourth-order valence-electron chi connectivity index (χ4n) is 1.72. The smallest absolute Gasteiger partial charge is 0.105 e. The van der Waals surface area contributed by atoms with E-state index in [1.54, 1.807) is 4.68 Å². The van der Waals surface area contributed by atoms with Crippen LogP contribution >= 0.6 is 0 Å². The number of hydrogen-bond acceptors (Lipinski definition) is 1. The molecule has 1 aromatic heterocycles. The van der Waals surface area contributed by atoms with Gasteiger partial charge < -0.3 is 0 Å². The van der Waals surface area contributed by atoms with Crippen molar-refractivity contribution in [1.82, 2.24) is 9.78 Å². The number of benzene rings is 1. The lowest BCUT2D eigenvalue weighted by Gasteiger charge is -2.12. The molecule has 0 fully saturated rings. The summed E-state index contributed by atoms with van der Waals surface area (Å²) in [6.07, 6.45) is 5.44. The Morgan fingerprint density at radius 2 is 1.93 bits per heavy atom. The van der Waals surface area contributed by atoms with Crippen LogP contribution in [0.1, 0.15) is 0 Å². The Hall–Kier alpha value is -1.53. The number of aromatic nitrogens is 2. The van der Waals surface area contributed by atoms with Crippen molar-refractivity contribution in [2.75, 3.05) is 0 Å². The summed E-state index contributed by atoms with van der Waals surface area (Å²) < 4.78 is 1.64. The maximum absolute atomic E-state index is 5.44. The van der Waals surface area contributed by atoms with E-state index in [1.165, 1.54) is 10.7 Å². The van der Waals surface area contributed by atoms with Crippen LogP contribution in [-0.4, -0.2) is 17.9 Å². The highest BCUT2D eigenvalue weighted by Gasteiger charge is 2.23. The molecule has 0 atom stereocenters. The van der Waals surface area contributed by atoms with Crippen LogP contribution in [-0.2, 0) is 0 Å². The van der Waals surface area contributed by atoms with E-state index in [-0.39, 0.29) is 0 Å². The summed E-state index contributed by atoms with van der Waals surface area (Å²) in [7, 11) is -1.42. The van der Waals surface area contributed by atoms with Crippen LogP contribution < -0.4 is 5.32 Å². The van der Waals surface area contributed by atoms with Gasteiger partial charge in [0.1, 0.15) is 8.07 Å². The number of fused-ring (bicyclic) bond motifs is 1. The summed E-state index contributed by atoms with van der Waals surface area (Å²) in [5, 5.41) is 6.92. The summed E-state index contributed by atoms with van der Waals surface area (Å²) in [6, 6.07) is 10.7. The Morgan fingerprint density at radius 3 is 2.53 bits per heavy atom. The first-order valence-corrected chi connectivity index (χ1v) is 8.49. The first-order valence-electron chi connectivity index (χ1n) is 4.99. The second-order valence-electron chi connectivity index (χ2n) is 4.66. The molecule has 1 heterocycles. The van der Waals surface area contributed by atoms with Crippen molar-refractivity contribution in [2.24, 2.45) is 0 Å². The van der Waals surface area contributed by atoms with E-state index in [0.717, 1.165) is 5.52 Å². The van der Waals surface area contributed by atoms with Crippen LogP contribution in [0.5, 0.6) is 0 Å². The first-order chi connectivity index (χ1) is 7.04. The van der Waals surface area contributed by atoms with E-state index in [0.29, 0.717) is 0 Å². The number of hydrogen-bond donors (Lipinski definition) is 0. The minimum atomic E-state index is -1.42. The summed E-state index contributed by atoms with van der Waals surface area (Å²) in [6.45, 7) is 6.84. The fraction of sp³-hybridized carbons (Fsp3) is 0.250. The van der Waals surface area contributed by atoms with Crippen LogP contribution in [0.3, 0.4) is 0 Å². The minimum Gasteiger partial charge on any atom is -0.190 e. The molecular weight excluding hydrogens is 200 g/mol. The third-order valence-electron chi connectivity index (χ3n) is 2.42. The SMILES string of the molecule is C#Cn1nc([Si](C)(C)C)c2ccccc21. The van der Waals surface area contributed by atoms with Gasteiger partial charge in [-0.2, -0.15) is 9.78 Å². The van der Waals surface area contributed by atoms with E-state index >= 15 is 0 Å². The number of para-hydroxylation sites is 1. The molecule has 0 aliphatic rings. The van der Waals surface area contributed by atoms with Gasteiger partial charge in [0.15, 0.2) is 0 Å². The van der Waals surface area contributed by atoms with Crippen molar-refractivity contribution < 1.29 is 0 Å². The fourth-order valence-corrected chi connectivity index (χ4v) is 3.14. The van der Waals surface area contributed by atoms with Crippen molar-refractivity contribution in [3.8, 4) is 12.5 Å². The lowest BCUT2D eigenvalue weighted by Crippen LogP contribution is -2.39. The third-order valence-corrected chi connectivity index (χ3v) is 4.21. The summed E-state index contributed by atoms with van der Waals surface area (Å²) in [5.41, 5.74) is 1.04. The van der Waals surface area contributed by atoms with E-state index in [4.69, 9.17) is 6.42 Å². The third kappa shape index (κ3) is 1.57. The second-order valence-corrected chi connectivity index (χ2v) is 9.63. The molecule has 0 aliphatic heterocycles. The molecule has 0 saturated heterocycles. The van der Waals surface area contributed by atoms with Crippen LogP contribution in [0.4, 0.5) is 0 Å². The zero-order valence-corrected chi connectivity index (χ0v) is 10.3. The summed E-state index contributed by atoms with van der Waals surface area (Å²) in [4.78, 5) is 0. The summed E-state index contributed by atoms with van der Waals surface area (Å²) >= 11 is 0. The summed E-state index contributed by atoms with van der Waals surface area (Å²) in [5.74, 6) is 0. The van der Waals surface area contributed by atoms with E-state index in [1.807, 2.05) is 18.2 Å². The van der Waals surface area contributed by atoms with E-state index < -0.39 is 8.07 Å². The average molecular weight is 214 g/mol. The lowest BCUT2D eigenvalue weighted by molar-refractivity contribution is 0.962. The van der Waals surface area contributed by atoms with Crippen molar-refractivity contribution in [3.63, 3.8) is 0 Å². The molecule has 0 spiro atoms. The van der Waals surface area contributed by atoms with Crippen molar-refractivity contribution in [3.05, 3.63) is 24.3 Å². The highest BCUT2D eigenvalue weighted by Crippen LogP contribution is 2.14. The lowest BCUT2D eigenvalue weighted by atomic mass is 10.3. The monoisotopic (exact) mass is 214 g/mol. The van der Waals surface area contributed by atoms with Crippen LogP contribution in [0.15, 0.2) is 24.3 Å². The van der Waals surface area contributed by atoms with Gasteiger partial charge in [0.25, 0.3) is 0 Å². The van der Waals surface area contributed by atoms with E-state index in [2.05, 4.69) is 36.9 Å². The van der Waals surface area contributed by atoms with Gasteiger partial charge in [-0.25, -0.2) is 0 Å². The predicted octanol–water partition coefficient (Wildman–Crippen LogP) is 2.02. The maximum atomic E-state index is 5.44. The van der Waals surface area contributed by atoms with Crippen molar-refractivity contribution in [2.45, 2.75) is 19.6 Å². The van der Waals surface area contributed by atoms with Gasteiger partial charge in [0.05, 0.1) is 10.8 Å². The molecule has 3 heteroatoms. The van der Waals surface area contributed by atoms with E-state index in [9.17, 15) is 0 Å². The van der Waals surface area contributed by atoms with Crippen LogP contribution in [0.2, 0.25) is 19.6 Å². The molecule has 1 aromatic carbocycles. The molecule has 2 aromatic rings. The molecule has 0 unspecified atom stereocenters. The second kappa shape index (κ2) is 3.25. The Labute approximate surface area is 90.9 Å². The first kappa shape index (κ1) is 10.0.